The molecule has 0 saturated heterocycles. The number of ketones is 2. The Hall–Kier alpha value is -3.10. The van der Waals surface area contributed by atoms with Gasteiger partial charge in [-0.05, 0) is 47.4 Å². The van der Waals surface area contributed by atoms with E-state index in [2.05, 4.69) is 66.6 Å². The van der Waals surface area contributed by atoms with Crippen LogP contribution < -0.4 is 4.74 Å². The molecule has 0 radical (unpaired) electrons. The predicted octanol–water partition coefficient (Wildman–Crippen LogP) is 7.35. The van der Waals surface area contributed by atoms with E-state index in [0.717, 1.165) is 51.0 Å². The first-order chi connectivity index (χ1) is 18.0. The highest BCUT2D eigenvalue weighted by Gasteiger charge is 2.49. The zero-order valence-corrected chi connectivity index (χ0v) is 24.2. The third-order valence-electron chi connectivity index (χ3n) is 7.80. The molecular weight excluding hydrogens is 538 g/mol. The normalized spacial score (nSPS) is 20.7. The summed E-state index contributed by atoms with van der Waals surface area (Å²) in [5, 5.41) is 0. The summed E-state index contributed by atoms with van der Waals surface area (Å²) in [6, 6.07) is 16.1. The largest absolute Gasteiger partial charge is 0.481 e. The van der Waals surface area contributed by atoms with E-state index in [4.69, 9.17) is 11.2 Å². The molecule has 0 N–H and O–H groups in total. The molecule has 0 fully saturated rings. The molecule has 2 aromatic carbocycles. The minimum atomic E-state index is -0.482. The molecule has 1 heterocycles. The second-order valence-corrected chi connectivity index (χ2v) is 13.2. The van der Waals surface area contributed by atoms with Gasteiger partial charge in [0.25, 0.3) is 0 Å². The molecule has 4 nitrogen and oxygen atoms in total. The SMILES string of the molecule is C#CCOc1ccc(Br)cc1C1C2=C(CC(C)(C)CC2=O)N(Cc2ccccc2)C2=C1C(=O)CC(C)(C)C2. The van der Waals surface area contributed by atoms with Crippen molar-refractivity contribution in [2.75, 3.05) is 6.61 Å². The van der Waals surface area contributed by atoms with Gasteiger partial charge in [0.15, 0.2) is 11.6 Å². The van der Waals surface area contributed by atoms with Crippen LogP contribution in [0.4, 0.5) is 0 Å². The summed E-state index contributed by atoms with van der Waals surface area (Å²) in [5.41, 5.74) is 5.14. The standard InChI is InChI=1S/C33H34BrNO3/c1-6-14-38-28-13-12-22(34)15-23(28)29-30-24(16-32(2,3)18-26(30)36)35(20-21-10-8-7-9-11-21)25-17-33(4,5)19-27(37)31(25)29/h1,7-13,15,29H,14,16-20H2,2-5H3. The van der Waals surface area contributed by atoms with Crippen molar-refractivity contribution in [3.8, 4) is 18.1 Å². The molecule has 5 heteroatoms. The van der Waals surface area contributed by atoms with Gasteiger partial charge in [0.05, 0.1) is 0 Å². The molecule has 0 atom stereocenters. The van der Waals surface area contributed by atoms with Gasteiger partial charge in [-0.2, -0.15) is 0 Å². The maximum absolute atomic E-state index is 14.0. The highest BCUT2D eigenvalue weighted by atomic mass is 79.9. The van der Waals surface area contributed by atoms with Gasteiger partial charge in [0, 0.05) is 57.9 Å². The first-order valence-corrected chi connectivity index (χ1v) is 14.0. The lowest BCUT2D eigenvalue weighted by Gasteiger charge is -2.49. The van der Waals surface area contributed by atoms with Crippen LogP contribution in [0.25, 0.3) is 0 Å². The van der Waals surface area contributed by atoms with Crippen LogP contribution in [0.1, 0.15) is 70.4 Å². The van der Waals surface area contributed by atoms with Crippen LogP contribution in [0, 0.1) is 23.2 Å². The topological polar surface area (TPSA) is 46.6 Å². The Morgan fingerprint density at radius 3 is 2.05 bits per heavy atom. The number of Topliss-reactive ketones (excluding diaryl/α,β-unsaturated/α-hetero) is 2. The van der Waals surface area contributed by atoms with Crippen molar-refractivity contribution in [3.63, 3.8) is 0 Å². The van der Waals surface area contributed by atoms with Crippen molar-refractivity contribution in [3.05, 3.63) is 86.7 Å². The predicted molar refractivity (Wildman–Crippen MR) is 153 cm³/mol. The van der Waals surface area contributed by atoms with Crippen molar-refractivity contribution < 1.29 is 14.3 Å². The summed E-state index contributed by atoms with van der Waals surface area (Å²) in [6.45, 7) is 9.36. The van der Waals surface area contributed by atoms with Gasteiger partial charge < -0.3 is 9.64 Å². The average molecular weight is 573 g/mol. The minimum Gasteiger partial charge on any atom is -0.481 e. The van der Waals surface area contributed by atoms with E-state index in [-0.39, 0.29) is 29.0 Å². The van der Waals surface area contributed by atoms with Crippen LogP contribution in [-0.2, 0) is 16.1 Å². The number of carbonyl (C=O) groups is 2. The second kappa shape index (κ2) is 9.89. The minimum absolute atomic E-state index is 0.103. The van der Waals surface area contributed by atoms with E-state index in [1.165, 1.54) is 0 Å². The van der Waals surface area contributed by atoms with E-state index in [1.54, 1.807) is 0 Å². The van der Waals surface area contributed by atoms with Crippen LogP contribution in [0.2, 0.25) is 0 Å². The molecular formula is C33H34BrNO3. The molecule has 2 aromatic rings. The molecule has 0 saturated carbocycles. The molecule has 1 aliphatic heterocycles. The van der Waals surface area contributed by atoms with Crippen molar-refractivity contribution >= 4 is 27.5 Å². The van der Waals surface area contributed by atoms with Crippen molar-refractivity contribution in [2.45, 2.75) is 65.8 Å². The first-order valence-electron chi connectivity index (χ1n) is 13.2. The summed E-state index contributed by atoms with van der Waals surface area (Å²) in [6.07, 6.45) is 7.93. The zero-order valence-electron chi connectivity index (χ0n) is 22.6. The van der Waals surface area contributed by atoms with Crippen molar-refractivity contribution in [2.24, 2.45) is 10.8 Å². The zero-order chi connectivity index (χ0) is 27.2. The smallest absolute Gasteiger partial charge is 0.162 e. The molecule has 2 aliphatic carbocycles. The molecule has 0 amide bonds. The Morgan fingerprint density at radius 1 is 0.921 bits per heavy atom. The van der Waals surface area contributed by atoms with E-state index < -0.39 is 5.92 Å². The van der Waals surface area contributed by atoms with Crippen LogP contribution >= 0.6 is 15.9 Å². The molecule has 0 bridgehead atoms. The van der Waals surface area contributed by atoms with Crippen LogP contribution in [0.3, 0.4) is 0 Å². The van der Waals surface area contributed by atoms with Crippen LogP contribution in [0.15, 0.2) is 75.5 Å². The van der Waals surface area contributed by atoms with Crippen molar-refractivity contribution in [1.29, 1.82) is 0 Å². The second-order valence-electron chi connectivity index (χ2n) is 12.3. The lowest BCUT2D eigenvalue weighted by Crippen LogP contribution is -2.44. The van der Waals surface area contributed by atoms with Crippen molar-refractivity contribution in [1.82, 2.24) is 4.90 Å². The number of nitrogens with zero attached hydrogens (tertiary/aromatic N) is 1. The number of rotatable bonds is 5. The molecule has 38 heavy (non-hydrogen) atoms. The Bertz CT molecular complexity index is 1350. The third kappa shape index (κ3) is 4.99. The number of halogens is 1. The monoisotopic (exact) mass is 571 g/mol. The molecule has 3 aliphatic rings. The maximum atomic E-state index is 14.0. The number of benzene rings is 2. The fourth-order valence-electron chi connectivity index (χ4n) is 6.31. The number of terminal acetylenes is 1. The lowest BCUT2D eigenvalue weighted by molar-refractivity contribution is -0.119. The van der Waals surface area contributed by atoms with Gasteiger partial charge in [-0.25, -0.2) is 0 Å². The quantitative estimate of drug-likeness (QED) is 0.352. The molecule has 5 rings (SSSR count). The fraction of sp³-hybridized carbons (Fsp3) is 0.394. The van der Waals surface area contributed by atoms with Gasteiger partial charge in [-0.15, -0.1) is 6.42 Å². The molecule has 0 spiro atoms. The molecule has 0 unspecified atom stereocenters. The first kappa shape index (κ1) is 26.5. The highest BCUT2D eigenvalue weighted by molar-refractivity contribution is 9.10. The Balaban J connectivity index is 1.79. The summed E-state index contributed by atoms with van der Waals surface area (Å²) in [4.78, 5) is 30.4. The van der Waals surface area contributed by atoms with Gasteiger partial charge in [0.2, 0.25) is 0 Å². The van der Waals surface area contributed by atoms with Gasteiger partial charge in [-0.3, -0.25) is 9.59 Å². The summed E-state index contributed by atoms with van der Waals surface area (Å²) < 4.78 is 6.86. The Labute approximate surface area is 234 Å². The number of ether oxygens (including phenoxy) is 1. The van der Waals surface area contributed by atoms with E-state index in [1.807, 2.05) is 36.4 Å². The maximum Gasteiger partial charge on any atom is 0.162 e. The van der Waals surface area contributed by atoms with Gasteiger partial charge >= 0.3 is 0 Å². The highest BCUT2D eigenvalue weighted by Crippen LogP contribution is 2.56. The van der Waals surface area contributed by atoms with E-state index in [9.17, 15) is 9.59 Å². The van der Waals surface area contributed by atoms with E-state index >= 15 is 0 Å². The molecule has 0 aromatic heterocycles. The van der Waals surface area contributed by atoms with Gasteiger partial charge in [-0.1, -0.05) is 79.9 Å². The summed E-state index contributed by atoms with van der Waals surface area (Å²) in [5.74, 6) is 2.88. The van der Waals surface area contributed by atoms with Crippen LogP contribution in [0.5, 0.6) is 5.75 Å². The summed E-state index contributed by atoms with van der Waals surface area (Å²) >= 11 is 3.62. The van der Waals surface area contributed by atoms with Crippen LogP contribution in [-0.4, -0.2) is 23.1 Å². The number of hydrogen-bond donors (Lipinski definition) is 0. The lowest BCUT2D eigenvalue weighted by atomic mass is 9.63. The Morgan fingerprint density at radius 2 is 1.50 bits per heavy atom. The Kier molecular flexibility index (Phi) is 6.90. The van der Waals surface area contributed by atoms with E-state index in [0.29, 0.717) is 25.1 Å². The third-order valence-corrected chi connectivity index (χ3v) is 8.29. The average Bonchev–Trinajstić information content (AvgIpc) is 2.83. The number of allylic oxidation sites excluding steroid dienone is 4. The fourth-order valence-corrected chi connectivity index (χ4v) is 6.69. The summed E-state index contributed by atoms with van der Waals surface area (Å²) in [7, 11) is 0. The number of hydrogen-bond acceptors (Lipinski definition) is 4. The van der Waals surface area contributed by atoms with Gasteiger partial charge in [0.1, 0.15) is 12.4 Å². The molecule has 196 valence electrons. The number of carbonyl (C=O) groups excluding carboxylic acids is 2.